The third-order valence-electron chi connectivity index (χ3n) is 3.70. The van der Waals surface area contributed by atoms with Gasteiger partial charge in [0, 0.05) is 10.5 Å². The SMILES string of the molecule is CNC(Cc1cc(F)ccc1C)c1cc(Br)ccc1C. The fourth-order valence-electron chi connectivity index (χ4n) is 2.43. The minimum atomic E-state index is -0.175. The van der Waals surface area contributed by atoms with Crippen LogP contribution in [0.3, 0.4) is 0 Å². The highest BCUT2D eigenvalue weighted by Crippen LogP contribution is 2.26. The molecule has 0 radical (unpaired) electrons. The first kappa shape index (κ1) is 15.2. The van der Waals surface area contributed by atoms with E-state index in [2.05, 4.69) is 40.3 Å². The quantitative estimate of drug-likeness (QED) is 0.853. The topological polar surface area (TPSA) is 12.0 Å². The molecule has 0 saturated heterocycles. The zero-order valence-corrected chi connectivity index (χ0v) is 13.6. The molecule has 0 amide bonds. The number of aryl methyl sites for hydroxylation is 2. The molecule has 20 heavy (non-hydrogen) atoms. The lowest BCUT2D eigenvalue weighted by molar-refractivity contribution is 0.579. The molecule has 0 aliphatic rings. The van der Waals surface area contributed by atoms with Crippen molar-refractivity contribution < 1.29 is 4.39 Å². The number of nitrogens with one attached hydrogen (secondary N) is 1. The zero-order valence-electron chi connectivity index (χ0n) is 12.0. The lowest BCUT2D eigenvalue weighted by atomic mass is 9.93. The van der Waals surface area contributed by atoms with Crippen LogP contribution in [0.4, 0.5) is 4.39 Å². The number of likely N-dealkylation sites (N-methyl/N-ethyl adjacent to an activating group) is 1. The van der Waals surface area contributed by atoms with Crippen LogP contribution in [0.1, 0.15) is 28.3 Å². The predicted molar refractivity (Wildman–Crippen MR) is 85.5 cm³/mol. The van der Waals surface area contributed by atoms with Gasteiger partial charge in [-0.2, -0.15) is 0 Å². The molecule has 3 heteroatoms. The van der Waals surface area contributed by atoms with Crippen molar-refractivity contribution >= 4 is 15.9 Å². The van der Waals surface area contributed by atoms with Crippen LogP contribution < -0.4 is 5.32 Å². The van der Waals surface area contributed by atoms with E-state index in [0.29, 0.717) is 0 Å². The smallest absolute Gasteiger partial charge is 0.123 e. The molecule has 0 aliphatic heterocycles. The van der Waals surface area contributed by atoms with Crippen molar-refractivity contribution in [2.45, 2.75) is 26.3 Å². The van der Waals surface area contributed by atoms with Gasteiger partial charge in [-0.3, -0.25) is 0 Å². The number of hydrogen-bond donors (Lipinski definition) is 1. The molecule has 0 spiro atoms. The highest BCUT2D eigenvalue weighted by atomic mass is 79.9. The Kier molecular flexibility index (Phi) is 4.95. The number of hydrogen-bond acceptors (Lipinski definition) is 1. The first-order valence-corrected chi connectivity index (χ1v) is 7.49. The second-order valence-corrected chi connectivity index (χ2v) is 6.03. The van der Waals surface area contributed by atoms with Crippen LogP contribution in [-0.2, 0) is 6.42 Å². The second kappa shape index (κ2) is 6.51. The van der Waals surface area contributed by atoms with Gasteiger partial charge in [0.05, 0.1) is 0 Å². The van der Waals surface area contributed by atoms with Gasteiger partial charge in [-0.05, 0) is 73.8 Å². The Hall–Kier alpha value is -1.19. The summed E-state index contributed by atoms with van der Waals surface area (Å²) in [7, 11) is 1.94. The van der Waals surface area contributed by atoms with Crippen LogP contribution in [0, 0.1) is 19.7 Å². The Labute approximate surface area is 128 Å². The van der Waals surface area contributed by atoms with E-state index in [1.165, 1.54) is 17.2 Å². The van der Waals surface area contributed by atoms with Crippen molar-refractivity contribution in [3.05, 3.63) is 68.9 Å². The summed E-state index contributed by atoms with van der Waals surface area (Å²) in [5.41, 5.74) is 4.65. The maximum Gasteiger partial charge on any atom is 0.123 e. The summed E-state index contributed by atoms with van der Waals surface area (Å²) >= 11 is 3.52. The van der Waals surface area contributed by atoms with E-state index in [4.69, 9.17) is 0 Å². The summed E-state index contributed by atoms with van der Waals surface area (Å²) in [4.78, 5) is 0. The minimum Gasteiger partial charge on any atom is -0.313 e. The van der Waals surface area contributed by atoms with Gasteiger partial charge < -0.3 is 5.32 Å². The molecule has 0 heterocycles. The van der Waals surface area contributed by atoms with Gasteiger partial charge in [-0.1, -0.05) is 28.1 Å². The van der Waals surface area contributed by atoms with Crippen LogP contribution >= 0.6 is 15.9 Å². The molecule has 2 aromatic carbocycles. The summed E-state index contributed by atoms with van der Waals surface area (Å²) in [6.07, 6.45) is 0.775. The van der Waals surface area contributed by atoms with E-state index in [1.54, 1.807) is 6.07 Å². The normalized spacial score (nSPS) is 12.4. The molecular weight excluding hydrogens is 317 g/mol. The Morgan fingerprint density at radius 3 is 2.50 bits per heavy atom. The third-order valence-corrected chi connectivity index (χ3v) is 4.19. The average molecular weight is 336 g/mol. The summed E-state index contributed by atoms with van der Waals surface area (Å²) in [5, 5.41) is 3.34. The summed E-state index contributed by atoms with van der Waals surface area (Å²) in [6, 6.07) is 11.4. The molecule has 0 aromatic heterocycles. The highest BCUT2D eigenvalue weighted by Gasteiger charge is 2.14. The molecule has 1 N–H and O–H groups in total. The molecule has 0 saturated carbocycles. The molecular formula is C17H19BrFN. The van der Waals surface area contributed by atoms with Gasteiger partial charge in [0.1, 0.15) is 5.82 Å². The van der Waals surface area contributed by atoms with E-state index >= 15 is 0 Å². The maximum absolute atomic E-state index is 13.4. The van der Waals surface area contributed by atoms with Crippen LogP contribution in [0.15, 0.2) is 40.9 Å². The molecule has 1 nitrogen and oxygen atoms in total. The van der Waals surface area contributed by atoms with Crippen molar-refractivity contribution in [3.63, 3.8) is 0 Å². The molecule has 0 aliphatic carbocycles. The minimum absolute atomic E-state index is 0.174. The Bertz CT molecular complexity index is 610. The lowest BCUT2D eigenvalue weighted by Gasteiger charge is -2.20. The maximum atomic E-state index is 13.4. The van der Waals surface area contributed by atoms with Crippen molar-refractivity contribution in [2.24, 2.45) is 0 Å². The molecule has 106 valence electrons. The van der Waals surface area contributed by atoms with Gasteiger partial charge in [0.2, 0.25) is 0 Å². The Morgan fingerprint density at radius 1 is 1.10 bits per heavy atom. The predicted octanol–water partition coefficient (Wildman–Crippen LogP) is 4.71. The fraction of sp³-hybridized carbons (Fsp3) is 0.294. The lowest BCUT2D eigenvalue weighted by Crippen LogP contribution is -2.20. The van der Waals surface area contributed by atoms with Gasteiger partial charge in [-0.15, -0.1) is 0 Å². The summed E-state index contributed by atoms with van der Waals surface area (Å²) in [5.74, 6) is -0.175. The van der Waals surface area contributed by atoms with Gasteiger partial charge in [0.15, 0.2) is 0 Å². The first-order chi connectivity index (χ1) is 9.51. The molecule has 1 unspecified atom stereocenters. The average Bonchev–Trinajstić information content (AvgIpc) is 2.42. The van der Waals surface area contributed by atoms with Gasteiger partial charge in [-0.25, -0.2) is 4.39 Å². The van der Waals surface area contributed by atoms with Crippen LogP contribution in [-0.4, -0.2) is 7.05 Å². The van der Waals surface area contributed by atoms with E-state index in [9.17, 15) is 4.39 Å². The van der Waals surface area contributed by atoms with Crippen LogP contribution in [0.5, 0.6) is 0 Å². The number of halogens is 2. The summed E-state index contributed by atoms with van der Waals surface area (Å²) in [6.45, 7) is 4.12. The van der Waals surface area contributed by atoms with E-state index in [1.807, 2.05) is 26.1 Å². The van der Waals surface area contributed by atoms with Gasteiger partial charge >= 0.3 is 0 Å². The Balaban J connectivity index is 2.33. The molecule has 0 bridgehead atoms. The molecule has 1 atom stereocenters. The van der Waals surface area contributed by atoms with Crippen LogP contribution in [0.25, 0.3) is 0 Å². The van der Waals surface area contributed by atoms with Gasteiger partial charge in [0.25, 0.3) is 0 Å². The largest absolute Gasteiger partial charge is 0.313 e. The molecule has 2 rings (SSSR count). The van der Waals surface area contributed by atoms with Crippen molar-refractivity contribution in [1.29, 1.82) is 0 Å². The zero-order chi connectivity index (χ0) is 14.7. The van der Waals surface area contributed by atoms with E-state index < -0.39 is 0 Å². The van der Waals surface area contributed by atoms with Crippen molar-refractivity contribution in [3.8, 4) is 0 Å². The number of rotatable bonds is 4. The number of benzene rings is 2. The molecule has 0 fully saturated rings. The van der Waals surface area contributed by atoms with E-state index in [0.717, 1.165) is 22.0 Å². The van der Waals surface area contributed by atoms with E-state index in [-0.39, 0.29) is 11.9 Å². The monoisotopic (exact) mass is 335 g/mol. The van der Waals surface area contributed by atoms with Crippen molar-refractivity contribution in [1.82, 2.24) is 5.32 Å². The van der Waals surface area contributed by atoms with Crippen LogP contribution in [0.2, 0.25) is 0 Å². The second-order valence-electron chi connectivity index (χ2n) is 5.12. The molecule has 2 aromatic rings. The van der Waals surface area contributed by atoms with Crippen molar-refractivity contribution in [2.75, 3.05) is 7.05 Å². The fourth-order valence-corrected chi connectivity index (χ4v) is 2.81. The highest BCUT2D eigenvalue weighted by molar-refractivity contribution is 9.10. The first-order valence-electron chi connectivity index (χ1n) is 6.69. The summed E-state index contributed by atoms with van der Waals surface area (Å²) < 4.78 is 14.5. The third kappa shape index (κ3) is 3.47. The standard InChI is InChI=1S/C17H19BrFN/c1-11-5-7-15(19)8-13(11)9-17(20-3)16-10-14(18)6-4-12(16)2/h4-8,10,17,20H,9H2,1-3H3. The Morgan fingerprint density at radius 2 is 1.80 bits per heavy atom.